The molecule has 27 heavy (non-hydrogen) atoms. The Bertz CT molecular complexity index is 707. The van der Waals surface area contributed by atoms with Crippen molar-refractivity contribution >= 4 is 17.5 Å². The van der Waals surface area contributed by atoms with Crippen molar-refractivity contribution in [1.82, 2.24) is 9.80 Å². The molecule has 4 rings (SSSR count). The van der Waals surface area contributed by atoms with E-state index in [2.05, 4.69) is 22.3 Å². The molecule has 0 radical (unpaired) electrons. The first-order valence-electron chi connectivity index (χ1n) is 10.2. The summed E-state index contributed by atoms with van der Waals surface area (Å²) in [5.41, 5.74) is 3.66. The zero-order valence-electron chi connectivity index (χ0n) is 16.1. The fraction of sp³-hybridized carbons (Fsp3) is 0.619. The summed E-state index contributed by atoms with van der Waals surface area (Å²) in [6, 6.07) is 6.05. The van der Waals surface area contributed by atoms with Gasteiger partial charge in [0.15, 0.2) is 0 Å². The number of rotatable bonds is 4. The topological polar surface area (TPSA) is 61.9 Å². The van der Waals surface area contributed by atoms with Crippen LogP contribution in [0.4, 0.5) is 5.69 Å². The van der Waals surface area contributed by atoms with E-state index in [-0.39, 0.29) is 24.0 Å². The Balaban J connectivity index is 1.29. The molecule has 6 nitrogen and oxygen atoms in total. The summed E-state index contributed by atoms with van der Waals surface area (Å²) in [7, 11) is 0. The lowest BCUT2D eigenvalue weighted by molar-refractivity contribution is -0.143. The number of aryl methyl sites for hydroxylation is 2. The maximum Gasteiger partial charge on any atom is 0.251 e. The van der Waals surface area contributed by atoms with Crippen molar-refractivity contribution in [1.29, 1.82) is 0 Å². The molecule has 2 amide bonds. The lowest BCUT2D eigenvalue weighted by Crippen LogP contribution is -2.55. The monoisotopic (exact) mass is 371 g/mol. The Morgan fingerprint density at radius 3 is 2.63 bits per heavy atom. The van der Waals surface area contributed by atoms with Crippen molar-refractivity contribution in [3.63, 3.8) is 0 Å². The number of amides is 2. The minimum atomic E-state index is -0.253. The van der Waals surface area contributed by atoms with Gasteiger partial charge >= 0.3 is 0 Å². The van der Waals surface area contributed by atoms with E-state index in [0.29, 0.717) is 19.7 Å². The Kier molecular flexibility index (Phi) is 5.45. The number of piperazine rings is 1. The van der Waals surface area contributed by atoms with Gasteiger partial charge in [0.2, 0.25) is 5.91 Å². The SMILES string of the molecule is C[C@H](C(=O)Nc1ccc2c(c1)CCC2)N1CCN(C(=O)[C@@H]2CCCO2)CC1. The third-order valence-electron chi connectivity index (χ3n) is 6.12. The van der Waals surface area contributed by atoms with Gasteiger partial charge in [-0.15, -0.1) is 0 Å². The van der Waals surface area contributed by atoms with Crippen LogP contribution in [0.3, 0.4) is 0 Å². The molecule has 2 aliphatic heterocycles. The summed E-state index contributed by atoms with van der Waals surface area (Å²) in [5.74, 6) is 0.134. The van der Waals surface area contributed by atoms with E-state index in [9.17, 15) is 9.59 Å². The summed E-state index contributed by atoms with van der Waals surface area (Å²) >= 11 is 0. The Labute approximate surface area is 160 Å². The molecule has 3 aliphatic rings. The lowest BCUT2D eigenvalue weighted by atomic mass is 10.1. The van der Waals surface area contributed by atoms with Crippen LogP contribution in [0.5, 0.6) is 0 Å². The molecular weight excluding hydrogens is 342 g/mol. The fourth-order valence-corrected chi connectivity index (χ4v) is 4.37. The first-order chi connectivity index (χ1) is 13.1. The summed E-state index contributed by atoms with van der Waals surface area (Å²) in [6.07, 6.45) is 5.01. The maximum atomic E-state index is 12.7. The Morgan fingerprint density at radius 2 is 1.89 bits per heavy atom. The van der Waals surface area contributed by atoms with Crippen LogP contribution in [0.15, 0.2) is 18.2 Å². The van der Waals surface area contributed by atoms with Gasteiger partial charge in [-0.3, -0.25) is 14.5 Å². The van der Waals surface area contributed by atoms with Crippen molar-refractivity contribution < 1.29 is 14.3 Å². The van der Waals surface area contributed by atoms with E-state index in [1.807, 2.05) is 17.9 Å². The predicted octanol–water partition coefficient (Wildman–Crippen LogP) is 1.83. The van der Waals surface area contributed by atoms with E-state index < -0.39 is 0 Å². The molecule has 0 aromatic heterocycles. The van der Waals surface area contributed by atoms with E-state index in [0.717, 1.165) is 44.5 Å². The number of benzene rings is 1. The largest absolute Gasteiger partial charge is 0.368 e. The van der Waals surface area contributed by atoms with Crippen LogP contribution in [0.25, 0.3) is 0 Å². The smallest absolute Gasteiger partial charge is 0.251 e. The highest BCUT2D eigenvalue weighted by molar-refractivity contribution is 5.94. The first kappa shape index (κ1) is 18.4. The second kappa shape index (κ2) is 7.98. The molecule has 1 aliphatic carbocycles. The van der Waals surface area contributed by atoms with E-state index in [1.54, 1.807) is 0 Å². The molecule has 6 heteroatoms. The first-order valence-corrected chi connectivity index (χ1v) is 10.2. The van der Waals surface area contributed by atoms with Crippen LogP contribution in [-0.2, 0) is 27.2 Å². The number of nitrogens with one attached hydrogen (secondary N) is 1. The van der Waals surface area contributed by atoms with Crippen molar-refractivity contribution in [3.05, 3.63) is 29.3 Å². The number of carbonyl (C=O) groups is 2. The molecule has 1 aromatic carbocycles. The van der Waals surface area contributed by atoms with Crippen LogP contribution in [0.2, 0.25) is 0 Å². The van der Waals surface area contributed by atoms with Gasteiger partial charge in [0.1, 0.15) is 6.10 Å². The maximum absolute atomic E-state index is 12.7. The van der Waals surface area contributed by atoms with Crippen molar-refractivity contribution in [2.45, 2.75) is 51.2 Å². The highest BCUT2D eigenvalue weighted by Crippen LogP contribution is 2.25. The predicted molar refractivity (Wildman–Crippen MR) is 104 cm³/mol. The molecule has 0 unspecified atom stereocenters. The van der Waals surface area contributed by atoms with Gasteiger partial charge in [-0.1, -0.05) is 6.07 Å². The highest BCUT2D eigenvalue weighted by atomic mass is 16.5. The Morgan fingerprint density at radius 1 is 1.11 bits per heavy atom. The van der Waals surface area contributed by atoms with Gasteiger partial charge in [0.05, 0.1) is 6.04 Å². The molecular formula is C21H29N3O3. The molecule has 1 N–H and O–H groups in total. The molecule has 0 saturated carbocycles. The van der Waals surface area contributed by atoms with Gasteiger partial charge in [-0.2, -0.15) is 0 Å². The van der Waals surface area contributed by atoms with Crippen molar-refractivity contribution in [3.8, 4) is 0 Å². The number of anilines is 1. The summed E-state index contributed by atoms with van der Waals surface area (Å²) in [5, 5.41) is 3.07. The average Bonchev–Trinajstić information content (AvgIpc) is 3.38. The van der Waals surface area contributed by atoms with Gasteiger partial charge in [-0.05, 0) is 62.3 Å². The summed E-state index contributed by atoms with van der Waals surface area (Å²) in [4.78, 5) is 29.2. The van der Waals surface area contributed by atoms with Crippen molar-refractivity contribution in [2.75, 3.05) is 38.1 Å². The van der Waals surface area contributed by atoms with Crippen molar-refractivity contribution in [2.24, 2.45) is 0 Å². The molecule has 2 saturated heterocycles. The second-order valence-corrected chi connectivity index (χ2v) is 7.87. The van der Waals surface area contributed by atoms with E-state index in [4.69, 9.17) is 4.74 Å². The number of ether oxygens (including phenoxy) is 1. The number of hydrogen-bond acceptors (Lipinski definition) is 4. The van der Waals surface area contributed by atoms with Gasteiger partial charge in [-0.25, -0.2) is 0 Å². The third kappa shape index (κ3) is 4.01. The zero-order chi connectivity index (χ0) is 18.8. The standard InChI is InChI=1S/C21H29N3O3/c1-15(20(25)22-18-8-7-16-4-2-5-17(16)14-18)23-9-11-24(12-10-23)21(26)19-6-3-13-27-19/h7-8,14-15,19H,2-6,9-13H2,1H3,(H,22,25)/t15-,19+/m1/s1. The quantitative estimate of drug-likeness (QED) is 0.877. The van der Waals surface area contributed by atoms with Crippen LogP contribution < -0.4 is 5.32 Å². The number of nitrogens with zero attached hydrogens (tertiary/aromatic N) is 2. The molecule has 146 valence electrons. The zero-order valence-corrected chi connectivity index (χ0v) is 16.1. The summed E-state index contributed by atoms with van der Waals surface area (Å²) < 4.78 is 5.51. The number of fused-ring (bicyclic) bond motifs is 1. The van der Waals surface area contributed by atoms with Crippen LogP contribution in [0.1, 0.15) is 37.3 Å². The molecule has 0 spiro atoms. The number of hydrogen-bond donors (Lipinski definition) is 1. The minimum absolute atomic E-state index is 0.0202. The van der Waals surface area contributed by atoms with Gasteiger partial charge in [0, 0.05) is 38.5 Å². The van der Waals surface area contributed by atoms with Gasteiger partial charge < -0.3 is 15.0 Å². The van der Waals surface area contributed by atoms with Crippen LogP contribution in [0, 0.1) is 0 Å². The molecule has 1 aromatic rings. The van der Waals surface area contributed by atoms with E-state index >= 15 is 0 Å². The lowest BCUT2D eigenvalue weighted by Gasteiger charge is -2.38. The minimum Gasteiger partial charge on any atom is -0.368 e. The molecule has 2 heterocycles. The normalized spacial score (nSPS) is 23.9. The highest BCUT2D eigenvalue weighted by Gasteiger charge is 2.32. The molecule has 0 bridgehead atoms. The number of carbonyl (C=O) groups excluding carboxylic acids is 2. The molecule has 2 fully saturated rings. The van der Waals surface area contributed by atoms with Gasteiger partial charge in [0.25, 0.3) is 5.91 Å². The van der Waals surface area contributed by atoms with Crippen LogP contribution >= 0.6 is 0 Å². The summed E-state index contributed by atoms with van der Waals surface area (Å²) in [6.45, 7) is 5.40. The van der Waals surface area contributed by atoms with Crippen LogP contribution in [-0.4, -0.2) is 66.5 Å². The Hall–Kier alpha value is -1.92. The molecule has 2 atom stereocenters. The third-order valence-corrected chi connectivity index (χ3v) is 6.12. The second-order valence-electron chi connectivity index (χ2n) is 7.87. The fourth-order valence-electron chi connectivity index (χ4n) is 4.37. The van der Waals surface area contributed by atoms with E-state index in [1.165, 1.54) is 17.5 Å². The average molecular weight is 371 g/mol.